The van der Waals surface area contributed by atoms with Gasteiger partial charge in [0.25, 0.3) is 0 Å². The number of nitrogens with two attached hydrogens (primary N) is 1. The average Bonchev–Trinajstić information content (AvgIpc) is 2.60. The third kappa shape index (κ3) is 2.60. The van der Waals surface area contributed by atoms with Crippen molar-refractivity contribution in [2.75, 3.05) is 13.1 Å². The van der Waals surface area contributed by atoms with E-state index in [1.165, 1.54) is 17.5 Å². The van der Waals surface area contributed by atoms with E-state index in [-0.39, 0.29) is 0 Å². The fourth-order valence-electron chi connectivity index (χ4n) is 2.55. The predicted molar refractivity (Wildman–Crippen MR) is 66.0 cm³/mol. The Bertz CT molecular complexity index is 351. The maximum Gasteiger partial charge on any atom is 0.0313 e. The van der Waals surface area contributed by atoms with E-state index in [1.54, 1.807) is 0 Å². The zero-order chi connectivity index (χ0) is 11.5. The Labute approximate surface area is 97.7 Å². The average molecular weight is 219 g/mol. The van der Waals surface area contributed by atoms with Crippen molar-refractivity contribution in [2.45, 2.75) is 32.9 Å². The fraction of sp³-hybridized carbons (Fsp3) is 0.615. The highest BCUT2D eigenvalue weighted by Crippen LogP contribution is 2.23. The van der Waals surface area contributed by atoms with Gasteiger partial charge < -0.3 is 5.73 Å². The van der Waals surface area contributed by atoms with Gasteiger partial charge >= 0.3 is 0 Å². The van der Waals surface area contributed by atoms with Crippen LogP contribution in [0.1, 0.15) is 24.5 Å². The second-order valence-electron chi connectivity index (χ2n) is 4.99. The van der Waals surface area contributed by atoms with Crippen molar-refractivity contribution >= 4 is 0 Å². The number of rotatable bonds is 3. The van der Waals surface area contributed by atoms with E-state index in [2.05, 4.69) is 29.8 Å². The first-order valence-electron chi connectivity index (χ1n) is 6.03. The summed E-state index contributed by atoms with van der Waals surface area (Å²) in [6.07, 6.45) is 5.10. The van der Waals surface area contributed by atoms with Crippen molar-refractivity contribution in [1.82, 2.24) is 9.88 Å². The molecule has 16 heavy (non-hydrogen) atoms. The molecule has 1 aromatic heterocycles. The molecule has 1 aliphatic rings. The maximum atomic E-state index is 5.74. The minimum absolute atomic E-state index is 0.647. The van der Waals surface area contributed by atoms with Gasteiger partial charge in [0.2, 0.25) is 0 Å². The topological polar surface area (TPSA) is 42.2 Å². The molecule has 1 saturated heterocycles. The fourth-order valence-corrected chi connectivity index (χ4v) is 2.55. The van der Waals surface area contributed by atoms with Crippen molar-refractivity contribution in [3.63, 3.8) is 0 Å². The summed E-state index contributed by atoms with van der Waals surface area (Å²) in [4.78, 5) is 6.75. The van der Waals surface area contributed by atoms with Gasteiger partial charge in [-0.2, -0.15) is 0 Å². The Hall–Kier alpha value is -0.930. The Morgan fingerprint density at radius 3 is 2.94 bits per heavy atom. The highest BCUT2D eigenvalue weighted by molar-refractivity contribution is 5.16. The van der Waals surface area contributed by atoms with Gasteiger partial charge in [0.15, 0.2) is 0 Å². The molecule has 1 fully saturated rings. The Morgan fingerprint density at radius 2 is 2.31 bits per heavy atom. The second-order valence-corrected chi connectivity index (χ2v) is 4.99. The lowest BCUT2D eigenvalue weighted by atomic mass is 10.1. The van der Waals surface area contributed by atoms with Crippen LogP contribution in [0.2, 0.25) is 0 Å². The third-order valence-corrected chi connectivity index (χ3v) is 3.44. The van der Waals surface area contributed by atoms with E-state index < -0.39 is 0 Å². The zero-order valence-corrected chi connectivity index (χ0v) is 10.2. The minimum Gasteiger partial charge on any atom is -0.330 e. The van der Waals surface area contributed by atoms with Crippen molar-refractivity contribution in [2.24, 2.45) is 11.7 Å². The summed E-state index contributed by atoms with van der Waals surface area (Å²) in [5.41, 5.74) is 8.28. The van der Waals surface area contributed by atoms with Gasteiger partial charge in [0.05, 0.1) is 0 Å². The summed E-state index contributed by atoms with van der Waals surface area (Å²) in [7, 11) is 0. The van der Waals surface area contributed by atoms with Crippen LogP contribution in [0, 0.1) is 12.8 Å². The summed E-state index contributed by atoms with van der Waals surface area (Å²) in [6.45, 7) is 7.33. The van der Waals surface area contributed by atoms with E-state index in [9.17, 15) is 0 Å². The molecular formula is C13H21N3. The molecule has 0 bridgehead atoms. The Kier molecular flexibility index (Phi) is 3.56. The van der Waals surface area contributed by atoms with Crippen LogP contribution >= 0.6 is 0 Å². The van der Waals surface area contributed by atoms with Crippen LogP contribution in [0.15, 0.2) is 18.5 Å². The van der Waals surface area contributed by atoms with Crippen LogP contribution in [0.5, 0.6) is 0 Å². The quantitative estimate of drug-likeness (QED) is 0.839. The molecule has 0 amide bonds. The van der Waals surface area contributed by atoms with Crippen LogP contribution in [-0.2, 0) is 6.54 Å². The number of aryl methyl sites for hydroxylation is 1. The molecule has 0 aromatic carbocycles. The number of likely N-dealkylation sites (tertiary alicyclic amines) is 1. The highest BCUT2D eigenvalue weighted by Gasteiger charge is 2.27. The van der Waals surface area contributed by atoms with Gasteiger partial charge in [-0.25, -0.2) is 0 Å². The molecule has 2 rings (SSSR count). The predicted octanol–water partition coefficient (Wildman–Crippen LogP) is 1.56. The molecule has 1 aliphatic heterocycles. The summed E-state index contributed by atoms with van der Waals surface area (Å²) >= 11 is 0. The number of nitrogens with zero attached hydrogens (tertiary/aromatic N) is 2. The first kappa shape index (κ1) is 11.6. The molecular weight excluding hydrogens is 198 g/mol. The summed E-state index contributed by atoms with van der Waals surface area (Å²) in [6, 6.07) is 2.87. The van der Waals surface area contributed by atoms with E-state index in [4.69, 9.17) is 5.73 Å². The second kappa shape index (κ2) is 4.93. The molecule has 2 heterocycles. The standard InChI is InChI=1S/C13H21N3/c1-10-3-13(7-15-6-10)9-16-8-12(5-14)4-11(16)2/h3,6-7,11-12H,4-5,8-9,14H2,1-2H3. The molecule has 1 aromatic rings. The zero-order valence-electron chi connectivity index (χ0n) is 10.2. The first-order valence-corrected chi connectivity index (χ1v) is 6.03. The Balaban J connectivity index is 2.00. The van der Waals surface area contributed by atoms with E-state index in [1.807, 2.05) is 12.4 Å². The van der Waals surface area contributed by atoms with Crippen molar-refractivity contribution < 1.29 is 0 Å². The lowest BCUT2D eigenvalue weighted by molar-refractivity contribution is 0.255. The van der Waals surface area contributed by atoms with Crippen LogP contribution in [-0.4, -0.2) is 29.0 Å². The van der Waals surface area contributed by atoms with Gasteiger partial charge in [-0.15, -0.1) is 0 Å². The molecule has 2 N–H and O–H groups in total. The number of hydrogen-bond donors (Lipinski definition) is 1. The molecule has 0 aliphatic carbocycles. The minimum atomic E-state index is 0.647. The summed E-state index contributed by atoms with van der Waals surface area (Å²) < 4.78 is 0. The van der Waals surface area contributed by atoms with Gasteiger partial charge in [0, 0.05) is 31.5 Å². The van der Waals surface area contributed by atoms with E-state index >= 15 is 0 Å². The van der Waals surface area contributed by atoms with Crippen molar-refractivity contribution in [3.8, 4) is 0 Å². The maximum absolute atomic E-state index is 5.74. The first-order chi connectivity index (χ1) is 7.69. The van der Waals surface area contributed by atoms with E-state index in [0.717, 1.165) is 19.6 Å². The molecule has 2 unspecified atom stereocenters. The van der Waals surface area contributed by atoms with Crippen LogP contribution in [0.25, 0.3) is 0 Å². The van der Waals surface area contributed by atoms with Crippen LogP contribution < -0.4 is 5.73 Å². The number of hydrogen-bond acceptors (Lipinski definition) is 3. The molecule has 0 radical (unpaired) electrons. The molecule has 2 atom stereocenters. The van der Waals surface area contributed by atoms with Crippen molar-refractivity contribution in [3.05, 3.63) is 29.6 Å². The molecule has 0 saturated carbocycles. The van der Waals surface area contributed by atoms with E-state index in [0.29, 0.717) is 12.0 Å². The third-order valence-electron chi connectivity index (χ3n) is 3.44. The molecule has 88 valence electrons. The Morgan fingerprint density at radius 1 is 1.50 bits per heavy atom. The van der Waals surface area contributed by atoms with Gasteiger partial charge in [0.1, 0.15) is 0 Å². The normalized spacial score (nSPS) is 26.2. The van der Waals surface area contributed by atoms with Gasteiger partial charge in [-0.1, -0.05) is 6.07 Å². The SMILES string of the molecule is Cc1cncc(CN2CC(CN)CC2C)c1. The lowest BCUT2D eigenvalue weighted by Crippen LogP contribution is -2.27. The molecule has 3 nitrogen and oxygen atoms in total. The lowest BCUT2D eigenvalue weighted by Gasteiger charge is -2.20. The van der Waals surface area contributed by atoms with Crippen LogP contribution in [0.3, 0.4) is 0 Å². The highest BCUT2D eigenvalue weighted by atomic mass is 15.2. The van der Waals surface area contributed by atoms with Gasteiger partial charge in [-0.3, -0.25) is 9.88 Å². The van der Waals surface area contributed by atoms with Crippen LogP contribution in [0.4, 0.5) is 0 Å². The molecule has 0 spiro atoms. The number of pyridine rings is 1. The summed E-state index contributed by atoms with van der Waals surface area (Å²) in [5, 5.41) is 0. The smallest absolute Gasteiger partial charge is 0.0313 e. The summed E-state index contributed by atoms with van der Waals surface area (Å²) in [5.74, 6) is 0.674. The molecule has 3 heteroatoms. The van der Waals surface area contributed by atoms with Crippen molar-refractivity contribution in [1.29, 1.82) is 0 Å². The largest absolute Gasteiger partial charge is 0.330 e. The monoisotopic (exact) mass is 219 g/mol. The van der Waals surface area contributed by atoms with Gasteiger partial charge in [-0.05, 0) is 43.9 Å². The number of aromatic nitrogens is 1.